The lowest BCUT2D eigenvalue weighted by atomic mass is 10.0. The first-order valence-electron chi connectivity index (χ1n) is 9.96. The molecule has 0 saturated carbocycles. The van der Waals surface area contributed by atoms with Crippen LogP contribution in [-0.4, -0.2) is 45.2 Å². The number of nitrogens with one attached hydrogen (secondary N) is 1. The topological polar surface area (TPSA) is 63.1 Å². The van der Waals surface area contributed by atoms with Gasteiger partial charge in [-0.1, -0.05) is 12.5 Å². The second-order valence-electron chi connectivity index (χ2n) is 7.48. The summed E-state index contributed by atoms with van der Waals surface area (Å²) in [4.78, 5) is 19.3. The van der Waals surface area contributed by atoms with Gasteiger partial charge in [0.1, 0.15) is 0 Å². The number of carbonyl (C=O) groups excluding carboxylic acids is 1. The Morgan fingerprint density at radius 2 is 2.04 bits per heavy atom. The molecule has 0 radical (unpaired) electrons. The Morgan fingerprint density at radius 3 is 2.67 bits per heavy atom. The maximum atomic E-state index is 12.5. The molecule has 1 saturated heterocycles. The summed E-state index contributed by atoms with van der Waals surface area (Å²) in [6.07, 6.45) is 8.70. The molecule has 0 aromatic carbocycles. The van der Waals surface area contributed by atoms with E-state index >= 15 is 0 Å². The van der Waals surface area contributed by atoms with Crippen molar-refractivity contribution in [3.63, 3.8) is 0 Å². The van der Waals surface area contributed by atoms with E-state index in [1.165, 1.54) is 30.4 Å². The molecule has 1 aliphatic heterocycles. The van der Waals surface area contributed by atoms with Crippen molar-refractivity contribution in [2.75, 3.05) is 19.6 Å². The number of aromatic nitrogens is 3. The Labute approximate surface area is 162 Å². The van der Waals surface area contributed by atoms with Gasteiger partial charge in [-0.15, -0.1) is 0 Å². The van der Waals surface area contributed by atoms with E-state index in [9.17, 15) is 4.79 Å². The quantitative estimate of drug-likeness (QED) is 0.815. The molecule has 2 aromatic rings. The Bertz CT molecular complexity index is 749. The summed E-state index contributed by atoms with van der Waals surface area (Å²) in [6, 6.07) is 4.29. The van der Waals surface area contributed by atoms with Crippen LogP contribution in [0.1, 0.15) is 54.2 Å². The summed E-state index contributed by atoms with van der Waals surface area (Å²) in [5, 5.41) is 7.59. The van der Waals surface area contributed by atoms with Crippen LogP contribution in [0.15, 0.2) is 24.5 Å². The lowest BCUT2D eigenvalue weighted by Gasteiger charge is -2.34. The first kappa shape index (κ1) is 19.5. The molecule has 0 bridgehead atoms. The van der Waals surface area contributed by atoms with Gasteiger partial charge in [0.15, 0.2) is 0 Å². The average molecular weight is 370 g/mol. The van der Waals surface area contributed by atoms with Gasteiger partial charge in [-0.25, -0.2) is 0 Å². The largest absolute Gasteiger partial charge is 0.354 e. The van der Waals surface area contributed by atoms with Crippen molar-refractivity contribution in [1.29, 1.82) is 0 Å². The molecule has 0 aliphatic carbocycles. The fourth-order valence-corrected chi connectivity index (χ4v) is 3.98. The van der Waals surface area contributed by atoms with Gasteiger partial charge in [0, 0.05) is 38.1 Å². The Morgan fingerprint density at radius 1 is 1.26 bits per heavy atom. The number of hydrogen-bond acceptors (Lipinski definition) is 4. The van der Waals surface area contributed by atoms with Crippen molar-refractivity contribution in [2.24, 2.45) is 7.05 Å². The molecule has 3 rings (SSSR count). The minimum atomic E-state index is 0.101. The Balaban J connectivity index is 1.58. The van der Waals surface area contributed by atoms with Crippen LogP contribution in [0.5, 0.6) is 0 Å². The normalized spacial score (nSPS) is 16.3. The summed E-state index contributed by atoms with van der Waals surface area (Å²) in [7, 11) is 1.95. The lowest BCUT2D eigenvalue weighted by molar-refractivity contribution is -0.121. The molecule has 146 valence electrons. The summed E-state index contributed by atoms with van der Waals surface area (Å²) in [5.41, 5.74) is 4.53. The van der Waals surface area contributed by atoms with E-state index in [4.69, 9.17) is 0 Å². The number of carbonyl (C=O) groups is 1. The monoisotopic (exact) mass is 369 g/mol. The second-order valence-corrected chi connectivity index (χ2v) is 7.48. The number of aryl methyl sites for hydroxylation is 2. The van der Waals surface area contributed by atoms with Crippen LogP contribution in [0.2, 0.25) is 0 Å². The Hall–Kier alpha value is -2.21. The van der Waals surface area contributed by atoms with Crippen LogP contribution in [-0.2, 0) is 18.3 Å². The standard InChI is InChI=1S/C21H31N5O/c1-16-19(17(2)25(3)24-16)9-10-21(27)23-15-20(18-8-7-11-22-14-18)26-12-5-4-6-13-26/h7-8,11,14,20H,4-6,9-10,12-13,15H2,1-3H3,(H,23,27)/t20-/m0/s1. The SMILES string of the molecule is Cc1nn(C)c(C)c1CCC(=O)NC[C@@H](c1cccnc1)N1CCCCC1. The minimum absolute atomic E-state index is 0.101. The van der Waals surface area contributed by atoms with Crippen LogP contribution in [0.3, 0.4) is 0 Å². The van der Waals surface area contributed by atoms with E-state index in [1.54, 1.807) is 6.20 Å². The van der Waals surface area contributed by atoms with Crippen LogP contribution in [0.4, 0.5) is 0 Å². The molecule has 2 aromatic heterocycles. The van der Waals surface area contributed by atoms with Crippen molar-refractivity contribution in [2.45, 2.75) is 52.0 Å². The highest BCUT2D eigenvalue weighted by atomic mass is 16.1. The third-order valence-corrected chi connectivity index (χ3v) is 5.65. The fraction of sp³-hybridized carbons (Fsp3) is 0.571. The van der Waals surface area contributed by atoms with Gasteiger partial charge in [-0.2, -0.15) is 5.10 Å². The maximum Gasteiger partial charge on any atom is 0.220 e. The minimum Gasteiger partial charge on any atom is -0.354 e. The maximum absolute atomic E-state index is 12.5. The molecular weight excluding hydrogens is 338 g/mol. The van der Waals surface area contributed by atoms with Crippen LogP contribution in [0.25, 0.3) is 0 Å². The molecule has 1 atom stereocenters. The van der Waals surface area contributed by atoms with Crippen molar-refractivity contribution in [3.8, 4) is 0 Å². The summed E-state index contributed by atoms with van der Waals surface area (Å²) >= 11 is 0. The molecule has 0 spiro atoms. The van der Waals surface area contributed by atoms with E-state index in [1.807, 2.05) is 30.9 Å². The summed E-state index contributed by atoms with van der Waals surface area (Å²) in [6.45, 7) is 6.87. The van der Waals surface area contributed by atoms with Gasteiger partial charge in [-0.3, -0.25) is 19.4 Å². The average Bonchev–Trinajstić information content (AvgIpc) is 2.93. The molecule has 1 N–H and O–H groups in total. The highest BCUT2D eigenvalue weighted by Crippen LogP contribution is 2.23. The smallest absolute Gasteiger partial charge is 0.220 e. The number of likely N-dealkylation sites (tertiary alicyclic amines) is 1. The van der Waals surface area contributed by atoms with Gasteiger partial charge in [0.05, 0.1) is 11.7 Å². The van der Waals surface area contributed by atoms with E-state index in [0.717, 1.165) is 30.9 Å². The molecule has 27 heavy (non-hydrogen) atoms. The van der Waals surface area contributed by atoms with E-state index < -0.39 is 0 Å². The summed E-state index contributed by atoms with van der Waals surface area (Å²) < 4.78 is 1.89. The summed E-state index contributed by atoms with van der Waals surface area (Å²) in [5.74, 6) is 0.101. The first-order chi connectivity index (χ1) is 13.1. The number of pyridine rings is 1. The molecule has 1 amide bonds. The van der Waals surface area contributed by atoms with Crippen LogP contribution >= 0.6 is 0 Å². The van der Waals surface area contributed by atoms with Gasteiger partial charge in [0.25, 0.3) is 0 Å². The van der Waals surface area contributed by atoms with Crippen LogP contribution in [0, 0.1) is 13.8 Å². The van der Waals surface area contributed by atoms with E-state index in [0.29, 0.717) is 13.0 Å². The molecule has 3 heterocycles. The Kier molecular flexibility index (Phi) is 6.61. The molecular formula is C21H31N5O. The lowest BCUT2D eigenvalue weighted by Crippen LogP contribution is -2.40. The number of piperidine rings is 1. The highest BCUT2D eigenvalue weighted by Gasteiger charge is 2.23. The van der Waals surface area contributed by atoms with Crippen molar-refractivity contribution < 1.29 is 4.79 Å². The van der Waals surface area contributed by atoms with Gasteiger partial charge < -0.3 is 5.32 Å². The van der Waals surface area contributed by atoms with Crippen molar-refractivity contribution >= 4 is 5.91 Å². The molecule has 1 aliphatic rings. The third kappa shape index (κ3) is 4.95. The highest BCUT2D eigenvalue weighted by molar-refractivity contribution is 5.76. The fourth-order valence-electron chi connectivity index (χ4n) is 3.98. The zero-order chi connectivity index (χ0) is 19.2. The third-order valence-electron chi connectivity index (χ3n) is 5.65. The van der Waals surface area contributed by atoms with Gasteiger partial charge in [0.2, 0.25) is 5.91 Å². The molecule has 0 unspecified atom stereocenters. The second kappa shape index (κ2) is 9.13. The predicted octanol–water partition coefficient (Wildman–Crippen LogP) is 2.71. The first-order valence-corrected chi connectivity index (χ1v) is 9.96. The number of hydrogen-bond donors (Lipinski definition) is 1. The molecule has 1 fully saturated rings. The van der Waals surface area contributed by atoms with E-state index in [-0.39, 0.29) is 11.9 Å². The van der Waals surface area contributed by atoms with Crippen molar-refractivity contribution in [1.82, 2.24) is 25.0 Å². The van der Waals surface area contributed by atoms with Crippen LogP contribution < -0.4 is 5.32 Å². The zero-order valence-corrected chi connectivity index (χ0v) is 16.7. The van der Waals surface area contributed by atoms with Crippen molar-refractivity contribution in [3.05, 3.63) is 47.0 Å². The zero-order valence-electron chi connectivity index (χ0n) is 16.7. The number of rotatable bonds is 7. The molecule has 6 heteroatoms. The van der Waals surface area contributed by atoms with E-state index in [2.05, 4.69) is 33.3 Å². The van der Waals surface area contributed by atoms with Gasteiger partial charge in [-0.05, 0) is 63.4 Å². The van der Waals surface area contributed by atoms with Gasteiger partial charge >= 0.3 is 0 Å². The molecule has 6 nitrogen and oxygen atoms in total. The predicted molar refractivity (Wildman–Crippen MR) is 106 cm³/mol. The number of nitrogens with zero attached hydrogens (tertiary/aromatic N) is 4. The number of amides is 1.